The van der Waals surface area contributed by atoms with Crippen LogP contribution in [0.25, 0.3) is 0 Å². The second-order valence-electron chi connectivity index (χ2n) is 4.30. The Labute approximate surface area is 105 Å². The van der Waals surface area contributed by atoms with Crippen LogP contribution in [0.1, 0.15) is 25.8 Å². The molecule has 0 saturated heterocycles. The van der Waals surface area contributed by atoms with Gasteiger partial charge in [-0.3, -0.25) is 0 Å². The predicted molar refractivity (Wildman–Crippen MR) is 75.0 cm³/mol. The van der Waals surface area contributed by atoms with E-state index in [1.54, 1.807) is 0 Å². The van der Waals surface area contributed by atoms with Crippen LogP contribution in [0.5, 0.6) is 0 Å². The van der Waals surface area contributed by atoms with Crippen LogP contribution in [-0.2, 0) is 6.54 Å². The van der Waals surface area contributed by atoms with Crippen LogP contribution in [0, 0.1) is 0 Å². The summed E-state index contributed by atoms with van der Waals surface area (Å²) >= 11 is 0. The van der Waals surface area contributed by atoms with E-state index in [0.717, 1.165) is 31.9 Å². The zero-order valence-electron chi connectivity index (χ0n) is 11.1. The second-order valence-corrected chi connectivity index (χ2v) is 4.30. The number of hydrogen-bond acceptors (Lipinski definition) is 3. The number of nitrogens with one attached hydrogen (secondary N) is 1. The van der Waals surface area contributed by atoms with E-state index in [1.165, 1.54) is 18.5 Å². The Balaban J connectivity index is 2.12. The topological polar surface area (TPSA) is 41.3 Å². The number of nitrogens with zero attached hydrogens (tertiary/aromatic N) is 1. The van der Waals surface area contributed by atoms with Crippen molar-refractivity contribution in [2.24, 2.45) is 0 Å². The van der Waals surface area contributed by atoms with Crippen molar-refractivity contribution in [2.45, 2.75) is 26.8 Å². The summed E-state index contributed by atoms with van der Waals surface area (Å²) in [5.41, 5.74) is 7.83. The third kappa shape index (κ3) is 5.71. The molecule has 0 aliphatic heterocycles. The number of nitrogens with two attached hydrogens (primary N) is 1. The van der Waals surface area contributed by atoms with Gasteiger partial charge in [0.1, 0.15) is 0 Å². The fourth-order valence-electron chi connectivity index (χ4n) is 1.90. The summed E-state index contributed by atoms with van der Waals surface area (Å²) in [6, 6.07) is 8.05. The first kappa shape index (κ1) is 14.0. The third-order valence-electron chi connectivity index (χ3n) is 3.00. The molecule has 0 heterocycles. The Kier molecular flexibility index (Phi) is 6.67. The van der Waals surface area contributed by atoms with Gasteiger partial charge in [-0.25, -0.2) is 0 Å². The van der Waals surface area contributed by atoms with Crippen molar-refractivity contribution >= 4 is 5.69 Å². The molecule has 0 aromatic heterocycles. The summed E-state index contributed by atoms with van der Waals surface area (Å²) in [5.74, 6) is 0. The standard InChI is InChI=1S/C14H25N3/c1-3-17(4-2)10-6-9-16-12-13-7-5-8-14(15)11-13/h5,7-8,11,16H,3-4,6,9-10,12,15H2,1-2H3. The molecule has 1 rings (SSSR count). The molecule has 1 aromatic rings. The number of nitrogen functional groups attached to an aromatic ring is 1. The monoisotopic (exact) mass is 235 g/mol. The van der Waals surface area contributed by atoms with Crippen molar-refractivity contribution in [1.82, 2.24) is 10.2 Å². The van der Waals surface area contributed by atoms with Crippen LogP contribution < -0.4 is 11.1 Å². The van der Waals surface area contributed by atoms with Crippen molar-refractivity contribution < 1.29 is 0 Å². The van der Waals surface area contributed by atoms with Crippen LogP contribution in [0.3, 0.4) is 0 Å². The zero-order valence-corrected chi connectivity index (χ0v) is 11.1. The molecule has 0 fully saturated rings. The van der Waals surface area contributed by atoms with E-state index in [1.807, 2.05) is 18.2 Å². The van der Waals surface area contributed by atoms with Gasteiger partial charge >= 0.3 is 0 Å². The molecule has 1 aromatic carbocycles. The van der Waals surface area contributed by atoms with E-state index in [-0.39, 0.29) is 0 Å². The summed E-state index contributed by atoms with van der Waals surface area (Å²) < 4.78 is 0. The van der Waals surface area contributed by atoms with Gasteiger partial charge in [0.05, 0.1) is 0 Å². The lowest BCUT2D eigenvalue weighted by atomic mass is 10.2. The highest BCUT2D eigenvalue weighted by Crippen LogP contribution is 2.05. The Morgan fingerprint density at radius 2 is 2.00 bits per heavy atom. The van der Waals surface area contributed by atoms with Crippen molar-refractivity contribution in [3.8, 4) is 0 Å². The lowest BCUT2D eigenvalue weighted by Crippen LogP contribution is -2.27. The second kappa shape index (κ2) is 8.09. The molecule has 0 atom stereocenters. The van der Waals surface area contributed by atoms with Gasteiger partial charge in [0.15, 0.2) is 0 Å². The van der Waals surface area contributed by atoms with Gasteiger partial charge in [0, 0.05) is 12.2 Å². The van der Waals surface area contributed by atoms with E-state index >= 15 is 0 Å². The van der Waals surface area contributed by atoms with Crippen LogP contribution in [-0.4, -0.2) is 31.1 Å². The molecule has 0 spiro atoms. The molecule has 96 valence electrons. The fraction of sp³-hybridized carbons (Fsp3) is 0.571. The van der Waals surface area contributed by atoms with Crippen LogP contribution in [0.2, 0.25) is 0 Å². The maximum atomic E-state index is 5.73. The maximum Gasteiger partial charge on any atom is 0.0317 e. The molecule has 0 aliphatic rings. The number of hydrogen-bond donors (Lipinski definition) is 2. The number of anilines is 1. The Morgan fingerprint density at radius 1 is 1.24 bits per heavy atom. The highest BCUT2D eigenvalue weighted by atomic mass is 15.1. The summed E-state index contributed by atoms with van der Waals surface area (Å²) in [5, 5.41) is 3.45. The smallest absolute Gasteiger partial charge is 0.0317 e. The maximum absolute atomic E-state index is 5.73. The molecular weight excluding hydrogens is 210 g/mol. The summed E-state index contributed by atoms with van der Waals surface area (Å²) in [4.78, 5) is 2.45. The van der Waals surface area contributed by atoms with Gasteiger partial charge in [0.2, 0.25) is 0 Å². The quantitative estimate of drug-likeness (QED) is 0.535. The molecule has 3 heteroatoms. The van der Waals surface area contributed by atoms with Crippen molar-refractivity contribution in [2.75, 3.05) is 31.9 Å². The van der Waals surface area contributed by atoms with E-state index in [4.69, 9.17) is 5.73 Å². The minimum Gasteiger partial charge on any atom is -0.399 e. The fourth-order valence-corrected chi connectivity index (χ4v) is 1.90. The van der Waals surface area contributed by atoms with E-state index < -0.39 is 0 Å². The average Bonchev–Trinajstić information content (AvgIpc) is 2.34. The molecule has 17 heavy (non-hydrogen) atoms. The minimum absolute atomic E-state index is 0.840. The highest BCUT2D eigenvalue weighted by Gasteiger charge is 1.98. The Bertz CT molecular complexity index is 308. The highest BCUT2D eigenvalue weighted by molar-refractivity contribution is 5.40. The first-order valence-corrected chi connectivity index (χ1v) is 6.53. The van der Waals surface area contributed by atoms with Crippen LogP contribution in [0.4, 0.5) is 5.69 Å². The summed E-state index contributed by atoms with van der Waals surface area (Å²) in [6.45, 7) is 9.86. The van der Waals surface area contributed by atoms with Crippen molar-refractivity contribution in [3.05, 3.63) is 29.8 Å². The molecular formula is C14H25N3. The van der Waals surface area contributed by atoms with Gasteiger partial charge in [-0.2, -0.15) is 0 Å². The number of rotatable bonds is 8. The SMILES string of the molecule is CCN(CC)CCCNCc1cccc(N)c1. The third-order valence-corrected chi connectivity index (χ3v) is 3.00. The molecule has 3 nitrogen and oxygen atoms in total. The van der Waals surface area contributed by atoms with Crippen molar-refractivity contribution in [3.63, 3.8) is 0 Å². The average molecular weight is 235 g/mol. The summed E-state index contributed by atoms with van der Waals surface area (Å²) in [7, 11) is 0. The first-order chi connectivity index (χ1) is 8.26. The zero-order chi connectivity index (χ0) is 12.5. The number of benzene rings is 1. The van der Waals surface area contributed by atoms with Crippen LogP contribution >= 0.6 is 0 Å². The molecule has 0 bridgehead atoms. The van der Waals surface area contributed by atoms with E-state index in [2.05, 4.69) is 30.1 Å². The van der Waals surface area contributed by atoms with Gasteiger partial charge in [0.25, 0.3) is 0 Å². The van der Waals surface area contributed by atoms with E-state index in [9.17, 15) is 0 Å². The molecule has 3 N–H and O–H groups in total. The molecule has 0 unspecified atom stereocenters. The lowest BCUT2D eigenvalue weighted by molar-refractivity contribution is 0.298. The normalized spacial score (nSPS) is 11.0. The van der Waals surface area contributed by atoms with Crippen molar-refractivity contribution in [1.29, 1.82) is 0 Å². The molecule has 0 amide bonds. The molecule has 0 aliphatic carbocycles. The van der Waals surface area contributed by atoms with Gasteiger partial charge in [-0.05, 0) is 50.3 Å². The van der Waals surface area contributed by atoms with Gasteiger partial charge < -0.3 is 16.0 Å². The van der Waals surface area contributed by atoms with Crippen LogP contribution in [0.15, 0.2) is 24.3 Å². The van der Waals surface area contributed by atoms with E-state index in [0.29, 0.717) is 0 Å². The first-order valence-electron chi connectivity index (χ1n) is 6.53. The lowest BCUT2D eigenvalue weighted by Gasteiger charge is -2.17. The van der Waals surface area contributed by atoms with Gasteiger partial charge in [-0.1, -0.05) is 26.0 Å². The largest absolute Gasteiger partial charge is 0.399 e. The Hall–Kier alpha value is -1.06. The molecule has 0 saturated carbocycles. The minimum atomic E-state index is 0.840. The Morgan fingerprint density at radius 3 is 2.65 bits per heavy atom. The van der Waals surface area contributed by atoms with Gasteiger partial charge in [-0.15, -0.1) is 0 Å². The molecule has 0 radical (unpaired) electrons. The summed E-state index contributed by atoms with van der Waals surface area (Å²) in [6.07, 6.45) is 1.20. The predicted octanol–water partition coefficient (Wildman–Crippen LogP) is 2.09.